The number of carbonyl (C=O) groups is 1. The molecule has 0 bridgehead atoms. The van der Waals surface area contributed by atoms with Crippen molar-refractivity contribution in [1.29, 1.82) is 0 Å². The van der Waals surface area contributed by atoms with Crippen molar-refractivity contribution in [3.63, 3.8) is 0 Å². The standard InChI is InChI=1S/C14H18N4O2/c15-8-2-1-3-9(6-8)20-12-5-4-11-10(7-17-18-11)13(12)14(16)19/h4-5,7-9H,1-3,6,15H2,(H2,16,19)(H,17,18)/t8-,9+/m0/s1. The number of primary amides is 1. The number of aromatic nitrogens is 2. The van der Waals surface area contributed by atoms with Crippen LogP contribution >= 0.6 is 0 Å². The number of benzene rings is 1. The van der Waals surface area contributed by atoms with Gasteiger partial charge in [-0.3, -0.25) is 9.89 Å². The minimum Gasteiger partial charge on any atom is -0.490 e. The average molecular weight is 274 g/mol. The number of amides is 1. The third-order valence-corrected chi connectivity index (χ3v) is 3.78. The summed E-state index contributed by atoms with van der Waals surface area (Å²) in [6, 6.07) is 3.74. The van der Waals surface area contributed by atoms with E-state index in [4.69, 9.17) is 16.2 Å². The molecule has 0 saturated heterocycles. The summed E-state index contributed by atoms with van der Waals surface area (Å²) in [5.74, 6) is 0.0117. The van der Waals surface area contributed by atoms with Crippen LogP contribution in [0.25, 0.3) is 10.9 Å². The largest absolute Gasteiger partial charge is 0.490 e. The summed E-state index contributed by atoms with van der Waals surface area (Å²) < 4.78 is 5.97. The van der Waals surface area contributed by atoms with Crippen molar-refractivity contribution in [2.45, 2.75) is 37.8 Å². The molecular weight excluding hydrogens is 256 g/mol. The van der Waals surface area contributed by atoms with Gasteiger partial charge in [0.25, 0.3) is 5.91 Å². The maximum atomic E-state index is 11.7. The molecule has 0 aliphatic heterocycles. The van der Waals surface area contributed by atoms with E-state index in [0.29, 0.717) is 22.2 Å². The van der Waals surface area contributed by atoms with Crippen LogP contribution in [0.5, 0.6) is 5.75 Å². The van der Waals surface area contributed by atoms with E-state index in [1.807, 2.05) is 6.07 Å². The van der Waals surface area contributed by atoms with E-state index in [1.165, 1.54) is 0 Å². The number of nitrogens with one attached hydrogen (secondary N) is 1. The molecule has 0 unspecified atom stereocenters. The number of nitrogens with zero attached hydrogens (tertiary/aromatic N) is 1. The highest BCUT2D eigenvalue weighted by Crippen LogP contribution is 2.30. The first-order chi connectivity index (χ1) is 9.65. The van der Waals surface area contributed by atoms with Gasteiger partial charge in [0, 0.05) is 17.6 Å². The summed E-state index contributed by atoms with van der Waals surface area (Å²) in [7, 11) is 0. The number of rotatable bonds is 3. The van der Waals surface area contributed by atoms with Crippen molar-refractivity contribution in [3.05, 3.63) is 23.9 Å². The van der Waals surface area contributed by atoms with E-state index in [0.717, 1.165) is 25.7 Å². The second-order valence-corrected chi connectivity index (χ2v) is 5.29. The van der Waals surface area contributed by atoms with Gasteiger partial charge in [0.1, 0.15) is 11.9 Å². The topological polar surface area (TPSA) is 107 Å². The zero-order valence-electron chi connectivity index (χ0n) is 11.1. The molecule has 6 heteroatoms. The van der Waals surface area contributed by atoms with E-state index in [-0.39, 0.29) is 12.1 Å². The van der Waals surface area contributed by atoms with Gasteiger partial charge in [-0.25, -0.2) is 0 Å². The summed E-state index contributed by atoms with van der Waals surface area (Å²) in [6.07, 6.45) is 5.54. The minimum atomic E-state index is -0.507. The number of ether oxygens (including phenoxy) is 1. The molecule has 1 aliphatic rings. The van der Waals surface area contributed by atoms with E-state index in [1.54, 1.807) is 12.3 Å². The smallest absolute Gasteiger partial charge is 0.253 e. The average Bonchev–Trinajstić information content (AvgIpc) is 2.86. The Kier molecular flexibility index (Phi) is 3.31. The molecule has 20 heavy (non-hydrogen) atoms. The van der Waals surface area contributed by atoms with Crippen molar-refractivity contribution < 1.29 is 9.53 Å². The van der Waals surface area contributed by atoms with Crippen LogP contribution in [-0.2, 0) is 0 Å². The lowest BCUT2D eigenvalue weighted by molar-refractivity contribution is 0.0988. The van der Waals surface area contributed by atoms with Crippen molar-refractivity contribution in [2.24, 2.45) is 11.5 Å². The molecule has 3 rings (SSSR count). The SMILES string of the molecule is NC(=O)c1c(O[C@@H]2CCC[C@H](N)C2)ccc2n[nH]cc12. The Hall–Kier alpha value is -2.08. The van der Waals surface area contributed by atoms with Crippen LogP contribution in [0.4, 0.5) is 0 Å². The Bertz CT molecular complexity index is 637. The van der Waals surface area contributed by atoms with Gasteiger partial charge in [0.05, 0.1) is 11.1 Å². The van der Waals surface area contributed by atoms with Crippen LogP contribution in [-0.4, -0.2) is 28.3 Å². The monoisotopic (exact) mass is 274 g/mol. The molecule has 2 atom stereocenters. The molecule has 6 nitrogen and oxygen atoms in total. The quantitative estimate of drug-likeness (QED) is 0.784. The Morgan fingerprint density at radius 3 is 3.00 bits per heavy atom. The Labute approximate surface area is 116 Å². The van der Waals surface area contributed by atoms with E-state index in [9.17, 15) is 4.79 Å². The zero-order valence-corrected chi connectivity index (χ0v) is 11.1. The summed E-state index contributed by atoms with van der Waals surface area (Å²) in [4.78, 5) is 11.7. The number of carbonyl (C=O) groups excluding carboxylic acids is 1. The Morgan fingerprint density at radius 1 is 1.40 bits per heavy atom. The number of aromatic amines is 1. The minimum absolute atomic E-state index is 0.0428. The van der Waals surface area contributed by atoms with Crippen LogP contribution in [0, 0.1) is 0 Å². The van der Waals surface area contributed by atoms with Gasteiger partial charge >= 0.3 is 0 Å². The van der Waals surface area contributed by atoms with Gasteiger partial charge in [-0.05, 0) is 37.8 Å². The van der Waals surface area contributed by atoms with E-state index >= 15 is 0 Å². The molecule has 1 aromatic heterocycles. The number of H-pyrrole nitrogens is 1. The Morgan fingerprint density at radius 2 is 2.25 bits per heavy atom. The van der Waals surface area contributed by atoms with E-state index < -0.39 is 5.91 Å². The molecule has 0 radical (unpaired) electrons. The van der Waals surface area contributed by atoms with Crippen LogP contribution < -0.4 is 16.2 Å². The first kappa shape index (κ1) is 12.9. The first-order valence-corrected chi connectivity index (χ1v) is 6.83. The molecule has 1 heterocycles. The van der Waals surface area contributed by atoms with Crippen LogP contribution in [0.1, 0.15) is 36.0 Å². The molecule has 1 aromatic carbocycles. The maximum absolute atomic E-state index is 11.7. The maximum Gasteiger partial charge on any atom is 0.253 e. The predicted octanol–water partition coefficient (Wildman–Crippen LogP) is 1.31. The van der Waals surface area contributed by atoms with Crippen molar-refractivity contribution in [1.82, 2.24) is 10.2 Å². The molecule has 1 saturated carbocycles. The number of fused-ring (bicyclic) bond motifs is 1. The van der Waals surface area contributed by atoms with Crippen LogP contribution in [0.2, 0.25) is 0 Å². The summed E-state index contributed by atoms with van der Waals surface area (Å²) in [5.41, 5.74) is 12.5. The second kappa shape index (κ2) is 5.13. The lowest BCUT2D eigenvalue weighted by Gasteiger charge is -2.27. The van der Waals surface area contributed by atoms with Crippen molar-refractivity contribution >= 4 is 16.8 Å². The lowest BCUT2D eigenvalue weighted by atomic mass is 9.93. The van der Waals surface area contributed by atoms with Crippen molar-refractivity contribution in [2.75, 3.05) is 0 Å². The van der Waals surface area contributed by atoms with Gasteiger partial charge in [0.2, 0.25) is 0 Å². The van der Waals surface area contributed by atoms with E-state index in [2.05, 4.69) is 10.2 Å². The van der Waals surface area contributed by atoms with Crippen LogP contribution in [0.15, 0.2) is 18.3 Å². The highest BCUT2D eigenvalue weighted by atomic mass is 16.5. The number of nitrogens with two attached hydrogens (primary N) is 2. The van der Waals surface area contributed by atoms with Crippen LogP contribution in [0.3, 0.4) is 0 Å². The Balaban J connectivity index is 1.94. The summed E-state index contributed by atoms with van der Waals surface area (Å²) in [5, 5.41) is 7.48. The normalized spacial score (nSPS) is 22.9. The third-order valence-electron chi connectivity index (χ3n) is 3.78. The molecule has 1 aliphatic carbocycles. The first-order valence-electron chi connectivity index (χ1n) is 6.83. The molecule has 106 valence electrons. The zero-order chi connectivity index (χ0) is 14.1. The molecule has 5 N–H and O–H groups in total. The van der Waals surface area contributed by atoms with Gasteiger partial charge < -0.3 is 16.2 Å². The molecule has 2 aromatic rings. The fraction of sp³-hybridized carbons (Fsp3) is 0.429. The van der Waals surface area contributed by atoms with Gasteiger partial charge in [-0.2, -0.15) is 5.10 Å². The van der Waals surface area contributed by atoms with Crippen molar-refractivity contribution in [3.8, 4) is 5.75 Å². The number of hydrogen-bond acceptors (Lipinski definition) is 4. The van der Waals surface area contributed by atoms with Gasteiger partial charge in [-0.1, -0.05) is 0 Å². The fourth-order valence-corrected chi connectivity index (χ4v) is 2.82. The summed E-state index contributed by atoms with van der Waals surface area (Å²) >= 11 is 0. The second-order valence-electron chi connectivity index (χ2n) is 5.29. The third kappa shape index (κ3) is 2.34. The molecular formula is C14H18N4O2. The molecule has 1 amide bonds. The van der Waals surface area contributed by atoms with Gasteiger partial charge in [-0.15, -0.1) is 0 Å². The lowest BCUT2D eigenvalue weighted by Crippen LogP contribution is -2.34. The molecule has 1 fully saturated rings. The predicted molar refractivity (Wildman–Crippen MR) is 75.5 cm³/mol. The highest BCUT2D eigenvalue weighted by molar-refractivity contribution is 6.07. The van der Waals surface area contributed by atoms with Gasteiger partial charge in [0.15, 0.2) is 0 Å². The fourth-order valence-electron chi connectivity index (χ4n) is 2.82. The highest BCUT2D eigenvalue weighted by Gasteiger charge is 2.23. The number of hydrogen-bond donors (Lipinski definition) is 3. The molecule has 0 spiro atoms. The summed E-state index contributed by atoms with van der Waals surface area (Å²) in [6.45, 7) is 0.